The summed E-state index contributed by atoms with van der Waals surface area (Å²) in [7, 11) is 1.68. The van der Waals surface area contributed by atoms with Gasteiger partial charge in [-0.15, -0.1) is 0 Å². The number of amides is 1. The summed E-state index contributed by atoms with van der Waals surface area (Å²) in [6, 6.07) is 18.0. The van der Waals surface area contributed by atoms with Crippen molar-refractivity contribution in [3.63, 3.8) is 0 Å². The van der Waals surface area contributed by atoms with E-state index in [1.807, 2.05) is 48.9 Å². The van der Waals surface area contributed by atoms with Crippen LogP contribution < -0.4 is 4.74 Å². The monoisotopic (exact) mass is 511 g/mol. The number of piperazine rings is 1. The molecule has 1 amide bonds. The number of aromatic nitrogens is 2. The van der Waals surface area contributed by atoms with E-state index in [0.717, 1.165) is 74.7 Å². The van der Waals surface area contributed by atoms with Gasteiger partial charge in [-0.05, 0) is 54.2 Å². The van der Waals surface area contributed by atoms with E-state index in [2.05, 4.69) is 37.6 Å². The maximum absolute atomic E-state index is 13.9. The first-order valence-corrected chi connectivity index (χ1v) is 13.8. The third kappa shape index (κ3) is 6.08. The molecule has 7 heteroatoms. The van der Waals surface area contributed by atoms with Gasteiger partial charge < -0.3 is 14.2 Å². The molecule has 2 aliphatic rings. The lowest BCUT2D eigenvalue weighted by atomic mass is 9.76. The molecule has 0 N–H and O–H groups in total. The van der Waals surface area contributed by atoms with Crippen LogP contribution in [0.4, 0.5) is 0 Å². The van der Waals surface area contributed by atoms with Crippen LogP contribution in [0.3, 0.4) is 0 Å². The van der Waals surface area contributed by atoms with E-state index >= 15 is 0 Å². The van der Waals surface area contributed by atoms with Gasteiger partial charge in [0.25, 0.3) is 0 Å². The van der Waals surface area contributed by atoms with E-state index in [9.17, 15) is 4.79 Å². The zero-order chi connectivity index (χ0) is 26.3. The molecule has 1 aliphatic heterocycles. The Morgan fingerprint density at radius 2 is 1.71 bits per heavy atom. The van der Waals surface area contributed by atoms with E-state index in [4.69, 9.17) is 10.00 Å². The van der Waals surface area contributed by atoms with Crippen LogP contribution >= 0.6 is 0 Å². The molecule has 0 spiro atoms. The number of hydrogen-bond acceptors (Lipinski definition) is 5. The topological polar surface area (TPSA) is 74.4 Å². The van der Waals surface area contributed by atoms with E-state index < -0.39 is 0 Å². The van der Waals surface area contributed by atoms with E-state index in [1.165, 1.54) is 19.3 Å². The molecule has 5 rings (SSSR count). The summed E-state index contributed by atoms with van der Waals surface area (Å²) in [6.07, 6.45) is 9.78. The van der Waals surface area contributed by atoms with Crippen LogP contribution in [0.5, 0.6) is 5.75 Å². The van der Waals surface area contributed by atoms with Gasteiger partial charge >= 0.3 is 0 Å². The van der Waals surface area contributed by atoms with Gasteiger partial charge in [0.2, 0.25) is 5.91 Å². The van der Waals surface area contributed by atoms with Crippen LogP contribution in [0.25, 0.3) is 0 Å². The van der Waals surface area contributed by atoms with Crippen molar-refractivity contribution in [1.82, 2.24) is 19.4 Å². The number of nitriles is 1. The number of carbonyl (C=O) groups is 1. The molecule has 1 aliphatic carbocycles. The van der Waals surface area contributed by atoms with Gasteiger partial charge in [0.05, 0.1) is 36.7 Å². The zero-order valence-electron chi connectivity index (χ0n) is 22.3. The predicted octanol–water partition coefficient (Wildman–Crippen LogP) is 4.82. The Bertz CT molecular complexity index is 1230. The quantitative estimate of drug-likeness (QED) is 0.434. The Labute approximate surface area is 225 Å². The summed E-state index contributed by atoms with van der Waals surface area (Å²) in [5.41, 5.74) is 4.10. The van der Waals surface area contributed by atoms with Crippen LogP contribution in [-0.4, -0.2) is 58.5 Å². The van der Waals surface area contributed by atoms with Crippen molar-refractivity contribution in [1.29, 1.82) is 5.26 Å². The highest BCUT2D eigenvalue weighted by molar-refractivity contribution is 5.84. The van der Waals surface area contributed by atoms with Crippen LogP contribution in [0.2, 0.25) is 0 Å². The van der Waals surface area contributed by atoms with E-state index in [-0.39, 0.29) is 11.8 Å². The SMILES string of the molecule is COc1ccc(C(C(=O)N2CCN(Cc3cncn3Cc3ccc(C#N)cc3)CC2)C2CCCCC2)cc1. The molecule has 2 fully saturated rings. The summed E-state index contributed by atoms with van der Waals surface area (Å²) < 4.78 is 7.53. The molecular formula is C31H37N5O2. The second-order valence-electron chi connectivity index (χ2n) is 10.6. The molecule has 7 nitrogen and oxygen atoms in total. The van der Waals surface area contributed by atoms with Gasteiger partial charge in [-0.1, -0.05) is 43.5 Å². The first-order chi connectivity index (χ1) is 18.6. The van der Waals surface area contributed by atoms with Gasteiger partial charge in [0.15, 0.2) is 0 Å². The standard InChI is InChI=1S/C31H37N5O2/c1-38-29-13-11-27(12-14-29)30(26-5-3-2-4-6-26)31(37)35-17-15-34(16-18-35)22-28-20-33-23-36(28)21-25-9-7-24(19-32)8-10-25/h7-14,20,23,26,30H,2-6,15-18,21-22H2,1H3. The van der Waals surface area contributed by atoms with E-state index in [0.29, 0.717) is 11.5 Å². The maximum Gasteiger partial charge on any atom is 0.230 e. The summed E-state index contributed by atoms with van der Waals surface area (Å²) in [6.45, 7) is 4.75. The van der Waals surface area contributed by atoms with Crippen molar-refractivity contribution >= 4 is 5.91 Å². The van der Waals surface area contributed by atoms with Crippen molar-refractivity contribution in [2.24, 2.45) is 5.92 Å². The highest BCUT2D eigenvalue weighted by Crippen LogP contribution is 2.38. The molecule has 0 radical (unpaired) electrons. The molecule has 38 heavy (non-hydrogen) atoms. The van der Waals surface area contributed by atoms with E-state index in [1.54, 1.807) is 7.11 Å². The number of carbonyl (C=O) groups excluding carboxylic acids is 1. The maximum atomic E-state index is 13.9. The number of hydrogen-bond donors (Lipinski definition) is 0. The Morgan fingerprint density at radius 1 is 1.00 bits per heavy atom. The molecule has 1 saturated carbocycles. The van der Waals surface area contributed by atoms with Gasteiger partial charge in [0, 0.05) is 45.5 Å². The average molecular weight is 512 g/mol. The van der Waals surface area contributed by atoms with Crippen LogP contribution in [0.15, 0.2) is 61.1 Å². The van der Waals surface area contributed by atoms with Crippen LogP contribution in [0, 0.1) is 17.2 Å². The van der Waals surface area contributed by atoms with Crippen molar-refractivity contribution < 1.29 is 9.53 Å². The van der Waals surface area contributed by atoms with Gasteiger partial charge in [-0.2, -0.15) is 5.26 Å². The molecule has 3 aromatic rings. The molecule has 0 bridgehead atoms. The lowest BCUT2D eigenvalue weighted by molar-refractivity contribution is -0.136. The number of ether oxygens (including phenoxy) is 1. The normalized spacial score (nSPS) is 17.6. The third-order valence-corrected chi connectivity index (χ3v) is 8.17. The summed E-state index contributed by atoms with van der Waals surface area (Å²) in [5, 5.41) is 9.04. The molecule has 1 aromatic heterocycles. The zero-order valence-corrected chi connectivity index (χ0v) is 22.3. The van der Waals surface area contributed by atoms with Crippen LogP contribution in [0.1, 0.15) is 60.4 Å². The molecule has 1 unspecified atom stereocenters. The third-order valence-electron chi connectivity index (χ3n) is 8.17. The molecule has 2 heterocycles. The van der Waals surface area contributed by atoms with Gasteiger partial charge in [0.1, 0.15) is 5.75 Å². The second-order valence-corrected chi connectivity index (χ2v) is 10.6. The predicted molar refractivity (Wildman–Crippen MR) is 147 cm³/mol. The minimum Gasteiger partial charge on any atom is -0.497 e. The van der Waals surface area contributed by atoms with Crippen molar-refractivity contribution in [2.45, 2.75) is 51.1 Å². The number of imidazole rings is 1. The number of nitrogens with zero attached hydrogens (tertiary/aromatic N) is 5. The van der Waals surface area contributed by atoms with Crippen molar-refractivity contribution in [2.75, 3.05) is 33.3 Å². The molecule has 1 saturated heterocycles. The minimum atomic E-state index is -0.0680. The molecule has 2 aromatic carbocycles. The highest BCUT2D eigenvalue weighted by atomic mass is 16.5. The Kier molecular flexibility index (Phi) is 8.40. The summed E-state index contributed by atoms with van der Waals surface area (Å²) >= 11 is 0. The highest BCUT2D eigenvalue weighted by Gasteiger charge is 2.35. The Balaban J connectivity index is 1.21. The minimum absolute atomic E-state index is 0.0680. The van der Waals surface area contributed by atoms with Crippen molar-refractivity contribution in [3.05, 3.63) is 83.4 Å². The largest absolute Gasteiger partial charge is 0.497 e. The van der Waals surface area contributed by atoms with Crippen LogP contribution in [-0.2, 0) is 17.9 Å². The first kappa shape index (κ1) is 26.0. The average Bonchev–Trinajstić information content (AvgIpc) is 3.41. The number of benzene rings is 2. The molecule has 1 atom stereocenters. The number of rotatable bonds is 8. The van der Waals surface area contributed by atoms with Gasteiger partial charge in [-0.25, -0.2) is 4.98 Å². The lowest BCUT2D eigenvalue weighted by Gasteiger charge is -2.39. The number of methoxy groups -OCH3 is 1. The molecular weight excluding hydrogens is 474 g/mol. The fourth-order valence-corrected chi connectivity index (χ4v) is 5.95. The lowest BCUT2D eigenvalue weighted by Crippen LogP contribution is -2.50. The van der Waals surface area contributed by atoms with Gasteiger partial charge in [-0.3, -0.25) is 9.69 Å². The van der Waals surface area contributed by atoms with Crippen molar-refractivity contribution in [3.8, 4) is 11.8 Å². The smallest absolute Gasteiger partial charge is 0.230 e. The summed E-state index contributed by atoms with van der Waals surface area (Å²) in [5.74, 6) is 1.46. The Hall–Kier alpha value is -3.63. The fourth-order valence-electron chi connectivity index (χ4n) is 5.95. The first-order valence-electron chi connectivity index (χ1n) is 13.8. The fraction of sp³-hybridized carbons (Fsp3) is 0.452. The summed E-state index contributed by atoms with van der Waals surface area (Å²) in [4.78, 5) is 22.8. The molecule has 198 valence electrons. The second kappa shape index (κ2) is 12.3. The Morgan fingerprint density at radius 3 is 2.37 bits per heavy atom.